The van der Waals surface area contributed by atoms with Crippen LogP contribution in [0.1, 0.15) is 32.8 Å². The van der Waals surface area contributed by atoms with E-state index in [-0.39, 0.29) is 31.3 Å². The van der Waals surface area contributed by atoms with Gasteiger partial charge in [-0.15, -0.1) is 6.58 Å². The number of nitrogens with zero attached hydrogens (tertiary/aromatic N) is 2. The number of hydrogen-bond donors (Lipinski definition) is 1. The van der Waals surface area contributed by atoms with Crippen LogP contribution >= 0.6 is 0 Å². The minimum atomic E-state index is -1.01. The molecule has 0 unspecified atom stereocenters. The first kappa shape index (κ1) is 27.3. The standard InChI is InChI=1S/C26H34FN3O6/c1-6-10-29-14-16(18-13-17(27)7-8-20(18)29)12-19(28)24(32)30-11-9-21(23(30)25(33)34-5)35-15-22(31)36-26(2,3)4/h6-8,13-14,19,21,23H,1,9-12,15,28H2,2-5H3/p+1/t19-,21-,23-/m0/s1. The van der Waals surface area contributed by atoms with Gasteiger partial charge in [-0.1, -0.05) is 6.08 Å². The Hall–Kier alpha value is -3.24. The average Bonchev–Trinajstić information content (AvgIpc) is 3.37. The summed E-state index contributed by atoms with van der Waals surface area (Å²) in [5.41, 5.74) is 4.97. The van der Waals surface area contributed by atoms with Gasteiger partial charge in [0.05, 0.1) is 13.2 Å². The largest absolute Gasteiger partial charge is 0.467 e. The van der Waals surface area contributed by atoms with Crippen LogP contribution in [0.3, 0.4) is 0 Å². The third kappa shape index (κ3) is 6.30. The van der Waals surface area contributed by atoms with Gasteiger partial charge in [0, 0.05) is 36.6 Å². The summed E-state index contributed by atoms with van der Waals surface area (Å²) in [6.07, 6.45) is 3.49. The Morgan fingerprint density at radius 2 is 2.03 bits per heavy atom. The number of carbonyl (C=O) groups excluding carboxylic acids is 3. The zero-order valence-electron chi connectivity index (χ0n) is 21.3. The third-order valence-electron chi connectivity index (χ3n) is 5.97. The van der Waals surface area contributed by atoms with E-state index < -0.39 is 35.7 Å². The van der Waals surface area contributed by atoms with Crippen molar-refractivity contribution >= 4 is 28.7 Å². The molecule has 2 heterocycles. The molecule has 1 fully saturated rings. The second-order valence-electron chi connectivity index (χ2n) is 9.88. The molecule has 0 radical (unpaired) electrons. The number of amides is 1. The molecule has 0 saturated carbocycles. The van der Waals surface area contributed by atoms with Crippen molar-refractivity contribution in [3.05, 3.63) is 48.4 Å². The van der Waals surface area contributed by atoms with Crippen LogP contribution in [0.5, 0.6) is 0 Å². The summed E-state index contributed by atoms with van der Waals surface area (Å²) in [6.45, 7) is 9.43. The van der Waals surface area contributed by atoms with Crippen LogP contribution in [-0.2, 0) is 41.6 Å². The van der Waals surface area contributed by atoms with Gasteiger partial charge in [0.1, 0.15) is 18.0 Å². The molecular formula is C26H35FN3O6+. The fraction of sp³-hybridized carbons (Fsp3) is 0.500. The normalized spacial score (nSPS) is 18.8. The van der Waals surface area contributed by atoms with E-state index in [0.29, 0.717) is 18.4 Å². The summed E-state index contributed by atoms with van der Waals surface area (Å²) in [5, 5.41) is 0.697. The van der Waals surface area contributed by atoms with E-state index in [1.807, 2.05) is 10.8 Å². The number of aromatic nitrogens is 1. The monoisotopic (exact) mass is 504 g/mol. The van der Waals surface area contributed by atoms with Gasteiger partial charge in [-0.05, 0) is 51.0 Å². The Balaban J connectivity index is 1.75. The number of benzene rings is 1. The molecular weight excluding hydrogens is 469 g/mol. The van der Waals surface area contributed by atoms with Gasteiger partial charge in [0.25, 0.3) is 5.91 Å². The molecule has 1 aromatic heterocycles. The lowest BCUT2D eigenvalue weighted by molar-refractivity contribution is -0.405. The highest BCUT2D eigenvalue weighted by atomic mass is 19.1. The second kappa shape index (κ2) is 11.2. The lowest BCUT2D eigenvalue weighted by Crippen LogP contribution is -2.69. The Kier molecular flexibility index (Phi) is 8.52. The summed E-state index contributed by atoms with van der Waals surface area (Å²) >= 11 is 0. The predicted octanol–water partition coefficient (Wildman–Crippen LogP) is 1.62. The van der Waals surface area contributed by atoms with Crippen molar-refractivity contribution in [1.29, 1.82) is 0 Å². The van der Waals surface area contributed by atoms with Crippen molar-refractivity contribution in [3.8, 4) is 0 Å². The molecule has 0 aliphatic carbocycles. The number of hydrogen-bond acceptors (Lipinski definition) is 6. The van der Waals surface area contributed by atoms with Crippen LogP contribution < -0.4 is 5.73 Å². The summed E-state index contributed by atoms with van der Waals surface area (Å²) in [5.74, 6) is -1.92. The SMILES string of the molecule is C=CCn1cc(C[C@H]([NH3+])C(=O)N2CC[C@H](OCC(=O)OC(C)(C)C)[C@H]2C(=O)OC)c2cc(F)ccc21. The lowest BCUT2D eigenvalue weighted by atomic mass is 10.0. The third-order valence-corrected chi connectivity index (χ3v) is 5.97. The number of methoxy groups -OCH3 is 1. The first-order valence-electron chi connectivity index (χ1n) is 11.9. The predicted molar refractivity (Wildman–Crippen MR) is 130 cm³/mol. The number of rotatable bonds is 9. The number of quaternary nitrogens is 1. The fourth-order valence-electron chi connectivity index (χ4n) is 4.51. The van der Waals surface area contributed by atoms with Gasteiger partial charge < -0.3 is 29.4 Å². The Morgan fingerprint density at radius 3 is 2.67 bits per heavy atom. The van der Waals surface area contributed by atoms with E-state index in [1.54, 1.807) is 32.9 Å². The molecule has 10 heteroatoms. The summed E-state index contributed by atoms with van der Waals surface area (Å²) in [4.78, 5) is 39.5. The molecule has 1 aliphatic heterocycles. The number of ether oxygens (including phenoxy) is 3. The minimum absolute atomic E-state index is 0.246. The van der Waals surface area contributed by atoms with Crippen molar-refractivity contribution in [3.63, 3.8) is 0 Å². The Labute approximate surface area is 209 Å². The molecule has 2 aromatic rings. The molecule has 3 atom stereocenters. The second-order valence-corrected chi connectivity index (χ2v) is 9.88. The molecule has 3 N–H and O–H groups in total. The van der Waals surface area contributed by atoms with Crippen LogP contribution in [0.15, 0.2) is 37.1 Å². The number of fused-ring (bicyclic) bond motifs is 1. The highest BCUT2D eigenvalue weighted by Gasteiger charge is 2.45. The topological polar surface area (TPSA) is 115 Å². The van der Waals surface area contributed by atoms with Crippen LogP contribution in [-0.4, -0.2) is 71.4 Å². The molecule has 1 aliphatic rings. The number of esters is 2. The summed E-state index contributed by atoms with van der Waals surface area (Å²) < 4.78 is 31.8. The molecule has 0 spiro atoms. The first-order valence-corrected chi connectivity index (χ1v) is 11.9. The average molecular weight is 505 g/mol. The van der Waals surface area contributed by atoms with Crippen molar-refractivity contribution < 1.29 is 38.7 Å². The van der Waals surface area contributed by atoms with Crippen LogP contribution in [0, 0.1) is 5.82 Å². The van der Waals surface area contributed by atoms with Crippen LogP contribution in [0.4, 0.5) is 4.39 Å². The molecule has 1 amide bonds. The Morgan fingerprint density at radius 1 is 1.31 bits per heavy atom. The molecule has 0 bridgehead atoms. The molecule has 1 saturated heterocycles. The molecule has 9 nitrogen and oxygen atoms in total. The smallest absolute Gasteiger partial charge is 0.332 e. The van der Waals surface area contributed by atoms with E-state index in [1.165, 1.54) is 24.1 Å². The summed E-state index contributed by atoms with van der Waals surface area (Å²) in [6, 6.07) is 2.77. The molecule has 36 heavy (non-hydrogen) atoms. The first-order chi connectivity index (χ1) is 16.9. The van der Waals surface area contributed by atoms with Crippen molar-refractivity contribution in [2.75, 3.05) is 20.3 Å². The van der Waals surface area contributed by atoms with Crippen LogP contribution in [0.2, 0.25) is 0 Å². The van der Waals surface area contributed by atoms with Crippen LogP contribution in [0.25, 0.3) is 10.9 Å². The van der Waals surface area contributed by atoms with Gasteiger partial charge >= 0.3 is 11.9 Å². The molecule has 1 aromatic carbocycles. The van der Waals surface area contributed by atoms with E-state index in [4.69, 9.17) is 14.2 Å². The maximum absolute atomic E-state index is 14.0. The zero-order chi connectivity index (χ0) is 26.6. The minimum Gasteiger partial charge on any atom is -0.467 e. The van der Waals surface area contributed by atoms with Crippen molar-refractivity contribution in [2.24, 2.45) is 0 Å². The quantitative estimate of drug-likeness (QED) is 0.410. The van der Waals surface area contributed by atoms with Gasteiger partial charge in [0.2, 0.25) is 0 Å². The summed E-state index contributed by atoms with van der Waals surface area (Å²) in [7, 11) is 1.24. The van der Waals surface area contributed by atoms with Gasteiger partial charge in [-0.2, -0.15) is 0 Å². The highest BCUT2D eigenvalue weighted by Crippen LogP contribution is 2.26. The van der Waals surface area contributed by atoms with E-state index in [9.17, 15) is 18.8 Å². The fourth-order valence-corrected chi connectivity index (χ4v) is 4.51. The highest BCUT2D eigenvalue weighted by molar-refractivity contribution is 5.89. The Bertz CT molecular complexity index is 1140. The number of carbonyl (C=O) groups is 3. The van der Waals surface area contributed by atoms with E-state index >= 15 is 0 Å². The van der Waals surface area contributed by atoms with Crippen molar-refractivity contribution in [2.45, 2.75) is 63.9 Å². The maximum atomic E-state index is 14.0. The van der Waals surface area contributed by atoms with Gasteiger partial charge in [-0.25, -0.2) is 14.0 Å². The van der Waals surface area contributed by atoms with E-state index in [0.717, 1.165) is 11.1 Å². The van der Waals surface area contributed by atoms with E-state index in [2.05, 4.69) is 12.3 Å². The lowest BCUT2D eigenvalue weighted by Gasteiger charge is -2.27. The number of allylic oxidation sites excluding steroid dienone is 1. The number of likely N-dealkylation sites (tertiary alicyclic amines) is 1. The van der Waals surface area contributed by atoms with Crippen molar-refractivity contribution in [1.82, 2.24) is 9.47 Å². The number of halogens is 1. The van der Waals surface area contributed by atoms with Gasteiger partial charge in [-0.3, -0.25) is 4.79 Å². The molecule has 196 valence electrons. The maximum Gasteiger partial charge on any atom is 0.332 e. The molecule has 3 rings (SSSR count). The van der Waals surface area contributed by atoms with Gasteiger partial charge in [0.15, 0.2) is 12.1 Å². The zero-order valence-corrected chi connectivity index (χ0v) is 21.3.